The molecule has 1 aromatic rings. The van der Waals surface area contributed by atoms with Gasteiger partial charge in [0.15, 0.2) is 0 Å². The van der Waals surface area contributed by atoms with Crippen LogP contribution >= 0.6 is 0 Å². The second-order valence-electron chi connectivity index (χ2n) is 3.09. The van der Waals surface area contributed by atoms with Crippen molar-refractivity contribution in [2.75, 3.05) is 11.4 Å². The molecule has 82 valence electrons. The zero-order valence-corrected chi connectivity index (χ0v) is 9.19. The molecule has 15 heavy (non-hydrogen) atoms. The number of aryl methyl sites for hydroxylation is 1. The molecule has 6 heteroatoms. The summed E-state index contributed by atoms with van der Waals surface area (Å²) in [6, 6.07) is 4.58. The minimum Gasteiger partial charge on any atom is -0.478 e. The number of rotatable bonds is 3. The van der Waals surface area contributed by atoms with Crippen LogP contribution in [0.5, 0.6) is 0 Å². The van der Waals surface area contributed by atoms with E-state index in [0.29, 0.717) is 0 Å². The summed E-state index contributed by atoms with van der Waals surface area (Å²) in [4.78, 5) is 10.9. The van der Waals surface area contributed by atoms with Gasteiger partial charge in [-0.05, 0) is 19.1 Å². The van der Waals surface area contributed by atoms with Crippen molar-refractivity contribution in [2.24, 2.45) is 0 Å². The van der Waals surface area contributed by atoms with E-state index in [9.17, 15) is 13.2 Å². The monoisotopic (exact) mass is 229 g/mol. The van der Waals surface area contributed by atoms with Crippen LogP contribution in [0.2, 0.25) is 0 Å². The number of carboxylic acids is 1. The summed E-state index contributed by atoms with van der Waals surface area (Å²) >= 11 is 0. The minimum atomic E-state index is -2.82. The molecule has 0 radical (unpaired) electrons. The first-order chi connectivity index (χ1) is 6.93. The number of aromatic carboxylic acids is 1. The van der Waals surface area contributed by atoms with Crippen LogP contribution in [-0.2, 0) is 10.9 Å². The highest BCUT2D eigenvalue weighted by Gasteiger charge is 2.14. The van der Waals surface area contributed by atoms with Crippen molar-refractivity contribution in [3.05, 3.63) is 29.3 Å². The van der Waals surface area contributed by atoms with E-state index in [2.05, 4.69) is 0 Å². The first-order valence-corrected chi connectivity index (χ1v) is 5.28. The Morgan fingerprint density at radius 2 is 2.00 bits per heavy atom. The third-order valence-corrected chi connectivity index (χ3v) is 2.68. The summed E-state index contributed by atoms with van der Waals surface area (Å²) in [5.41, 5.74) is 0.923. The molecule has 0 bridgehead atoms. The highest BCUT2D eigenvalue weighted by molar-refractivity contribution is 7.74. The predicted octanol–water partition coefficient (Wildman–Crippen LogP) is 0.656. The number of anilines is 1. The molecule has 0 aliphatic rings. The third kappa shape index (κ3) is 2.47. The molecule has 0 spiro atoms. The van der Waals surface area contributed by atoms with Gasteiger partial charge in [-0.15, -0.1) is 0 Å². The van der Waals surface area contributed by atoms with Gasteiger partial charge in [0.25, 0.3) is 0 Å². The van der Waals surface area contributed by atoms with Gasteiger partial charge in [-0.25, -0.2) is 13.2 Å². The van der Waals surface area contributed by atoms with Gasteiger partial charge in [0, 0.05) is 7.05 Å². The lowest BCUT2D eigenvalue weighted by atomic mass is 10.1. The van der Waals surface area contributed by atoms with E-state index in [1.165, 1.54) is 19.2 Å². The van der Waals surface area contributed by atoms with Gasteiger partial charge >= 0.3 is 5.97 Å². The molecule has 0 aliphatic carbocycles. The molecule has 1 rings (SSSR count). The molecular formula is C9H11NO4S. The summed E-state index contributed by atoms with van der Waals surface area (Å²) in [5.74, 6) is -1.14. The zero-order valence-electron chi connectivity index (χ0n) is 8.30. The maximum atomic E-state index is 10.9. The molecule has 5 nitrogen and oxygen atoms in total. The fraction of sp³-hybridized carbons (Fsp3) is 0.222. The lowest BCUT2D eigenvalue weighted by Gasteiger charge is -2.14. The van der Waals surface area contributed by atoms with E-state index in [0.717, 1.165) is 9.87 Å². The van der Waals surface area contributed by atoms with Crippen LogP contribution < -0.4 is 4.31 Å². The molecule has 0 heterocycles. The Morgan fingerprint density at radius 3 is 2.47 bits per heavy atom. The summed E-state index contributed by atoms with van der Waals surface area (Å²) in [6.07, 6.45) is 0. The van der Waals surface area contributed by atoms with E-state index >= 15 is 0 Å². The Morgan fingerprint density at radius 1 is 1.40 bits per heavy atom. The molecule has 0 amide bonds. The van der Waals surface area contributed by atoms with E-state index in [4.69, 9.17) is 5.11 Å². The summed E-state index contributed by atoms with van der Waals surface area (Å²) in [6.45, 7) is 1.74. The molecule has 0 aliphatic heterocycles. The van der Waals surface area contributed by atoms with Crippen LogP contribution in [0, 0.1) is 6.92 Å². The first-order valence-electron chi connectivity index (χ1n) is 4.15. The van der Waals surface area contributed by atoms with Crippen molar-refractivity contribution in [2.45, 2.75) is 6.92 Å². The molecule has 0 aromatic heterocycles. The topological polar surface area (TPSA) is 74.7 Å². The number of hydrogen-bond donors (Lipinski definition) is 2. The van der Waals surface area contributed by atoms with Crippen LogP contribution in [0.1, 0.15) is 15.9 Å². The van der Waals surface area contributed by atoms with Crippen molar-refractivity contribution in [3.8, 4) is 0 Å². The molecule has 1 aromatic carbocycles. The van der Waals surface area contributed by atoms with E-state index < -0.39 is 16.9 Å². The van der Waals surface area contributed by atoms with E-state index in [1.807, 2.05) is 0 Å². The number of thiol groups is 1. The van der Waals surface area contributed by atoms with Gasteiger partial charge in [0.1, 0.15) is 0 Å². The van der Waals surface area contributed by atoms with Crippen LogP contribution in [0.25, 0.3) is 0 Å². The fourth-order valence-corrected chi connectivity index (χ4v) is 1.54. The molecule has 0 atom stereocenters. The standard InChI is InChI=1S/C9H11NO4S/c1-6-3-4-8(10(2)15(13)14)7(5-6)9(11)12/h3-5,15H,1-2H3,(H,11,12). The number of hydrogen-bond acceptors (Lipinski definition) is 3. The predicted molar refractivity (Wildman–Crippen MR) is 56.9 cm³/mol. The maximum absolute atomic E-state index is 10.9. The molecule has 0 unspecified atom stereocenters. The van der Waals surface area contributed by atoms with Crippen LogP contribution in [0.4, 0.5) is 5.69 Å². The summed E-state index contributed by atoms with van der Waals surface area (Å²) in [7, 11) is -1.51. The number of benzene rings is 1. The normalized spacial score (nSPS) is 10.3. The number of nitrogens with zero attached hydrogens (tertiary/aromatic N) is 1. The lowest BCUT2D eigenvalue weighted by Crippen LogP contribution is -2.17. The third-order valence-electron chi connectivity index (χ3n) is 1.98. The van der Waals surface area contributed by atoms with Gasteiger partial charge in [0.2, 0.25) is 10.9 Å². The lowest BCUT2D eigenvalue weighted by molar-refractivity contribution is 0.0697. The maximum Gasteiger partial charge on any atom is 0.337 e. The smallest absolute Gasteiger partial charge is 0.337 e. The second kappa shape index (κ2) is 4.31. The Hall–Kier alpha value is -1.56. The minimum absolute atomic E-state index is 0.0169. The van der Waals surface area contributed by atoms with E-state index in [-0.39, 0.29) is 11.3 Å². The fourth-order valence-electron chi connectivity index (χ4n) is 1.19. The van der Waals surface area contributed by atoms with Crippen LogP contribution in [0.15, 0.2) is 18.2 Å². The number of carboxylic acid groups (broad SMARTS) is 1. The Kier molecular flexibility index (Phi) is 3.31. The van der Waals surface area contributed by atoms with Crippen LogP contribution in [-0.4, -0.2) is 26.5 Å². The van der Waals surface area contributed by atoms with Crippen molar-refractivity contribution in [1.29, 1.82) is 0 Å². The van der Waals surface area contributed by atoms with Gasteiger partial charge in [-0.1, -0.05) is 11.6 Å². The van der Waals surface area contributed by atoms with Crippen molar-refractivity contribution >= 4 is 22.5 Å². The molecule has 0 saturated heterocycles. The van der Waals surface area contributed by atoms with Gasteiger partial charge < -0.3 is 5.11 Å². The SMILES string of the molecule is Cc1ccc(N(C)[SH](=O)=O)c(C(=O)O)c1. The summed E-state index contributed by atoms with van der Waals surface area (Å²) in [5, 5.41) is 8.90. The van der Waals surface area contributed by atoms with Gasteiger partial charge in [0.05, 0.1) is 11.3 Å². The molecule has 0 saturated carbocycles. The Labute approximate surface area is 89.0 Å². The van der Waals surface area contributed by atoms with Crippen molar-refractivity contribution < 1.29 is 18.3 Å². The average Bonchev–Trinajstić information content (AvgIpc) is 2.16. The van der Waals surface area contributed by atoms with Crippen molar-refractivity contribution in [1.82, 2.24) is 0 Å². The largest absolute Gasteiger partial charge is 0.478 e. The Balaban J connectivity index is 3.35. The Bertz CT molecular complexity index is 459. The quantitative estimate of drug-likeness (QED) is 0.746. The molecular weight excluding hydrogens is 218 g/mol. The second-order valence-corrected chi connectivity index (χ2v) is 4.16. The van der Waals surface area contributed by atoms with Gasteiger partial charge in [-0.2, -0.15) is 0 Å². The summed E-state index contributed by atoms with van der Waals surface area (Å²) < 4.78 is 22.4. The van der Waals surface area contributed by atoms with Crippen LogP contribution in [0.3, 0.4) is 0 Å². The van der Waals surface area contributed by atoms with Crippen molar-refractivity contribution in [3.63, 3.8) is 0 Å². The molecule has 0 fully saturated rings. The zero-order chi connectivity index (χ0) is 11.6. The van der Waals surface area contributed by atoms with Gasteiger partial charge in [-0.3, -0.25) is 4.31 Å². The average molecular weight is 229 g/mol. The highest BCUT2D eigenvalue weighted by Crippen LogP contribution is 2.20. The highest BCUT2D eigenvalue weighted by atomic mass is 32.2. The molecule has 1 N–H and O–H groups in total. The first kappa shape index (κ1) is 11.5. The number of carbonyl (C=O) groups is 1. The van der Waals surface area contributed by atoms with E-state index in [1.54, 1.807) is 13.0 Å².